The number of aliphatic hydroxyl groups excluding tert-OH is 1. The summed E-state index contributed by atoms with van der Waals surface area (Å²) in [6, 6.07) is 24.6. The van der Waals surface area contributed by atoms with Crippen molar-refractivity contribution in [3.05, 3.63) is 128 Å². The van der Waals surface area contributed by atoms with Gasteiger partial charge in [-0.2, -0.15) is 0 Å². The van der Waals surface area contributed by atoms with Gasteiger partial charge in [-0.15, -0.1) is 0 Å². The zero-order valence-electron chi connectivity index (χ0n) is 24.5. The van der Waals surface area contributed by atoms with Crippen LogP contribution in [-0.2, 0) is 20.8 Å². The number of nitrogens with one attached hydrogen (secondary N) is 2. The van der Waals surface area contributed by atoms with Crippen LogP contribution in [0.1, 0.15) is 29.2 Å². The summed E-state index contributed by atoms with van der Waals surface area (Å²) in [6.45, 7) is 3.61. The van der Waals surface area contributed by atoms with E-state index in [4.69, 9.17) is 18.9 Å². The molecule has 3 heterocycles. The number of hydrogen-bond donors (Lipinski definition) is 3. The third-order valence-corrected chi connectivity index (χ3v) is 8.77. The van der Waals surface area contributed by atoms with Gasteiger partial charge in [0.25, 0.3) is 5.56 Å². The van der Waals surface area contributed by atoms with E-state index in [-0.39, 0.29) is 6.61 Å². The SMILES string of the molecule is COc1ccc(C(OC[C@]23CN[C@H]([C@@H]2O)[C@](C)(n2cc(C)c(=O)[nH]c2=O)O3)(c2ccccc2)c2ccc(OC)cc2)cc1. The van der Waals surface area contributed by atoms with Crippen molar-refractivity contribution in [2.45, 2.75) is 42.9 Å². The lowest BCUT2D eigenvalue weighted by molar-refractivity contribution is -0.203. The molecule has 10 nitrogen and oxygen atoms in total. The lowest BCUT2D eigenvalue weighted by Gasteiger charge is -2.42. The molecule has 1 aromatic heterocycles. The molecule has 4 aromatic rings. The van der Waals surface area contributed by atoms with Crippen molar-refractivity contribution in [3.63, 3.8) is 0 Å². The molecule has 224 valence electrons. The van der Waals surface area contributed by atoms with Crippen LogP contribution in [0.25, 0.3) is 0 Å². The molecular formula is C33H35N3O7. The molecule has 10 heteroatoms. The number of rotatable bonds is 9. The molecule has 43 heavy (non-hydrogen) atoms. The molecule has 0 saturated carbocycles. The zero-order valence-corrected chi connectivity index (χ0v) is 24.5. The van der Waals surface area contributed by atoms with Crippen LogP contribution in [0.5, 0.6) is 11.5 Å². The maximum absolute atomic E-state index is 12.9. The Hall–Kier alpha value is -4.22. The molecule has 2 saturated heterocycles. The van der Waals surface area contributed by atoms with Gasteiger partial charge in [0.15, 0.2) is 5.72 Å². The first-order valence-electron chi connectivity index (χ1n) is 14.1. The highest BCUT2D eigenvalue weighted by Crippen LogP contribution is 2.48. The second-order valence-electron chi connectivity index (χ2n) is 11.3. The molecule has 2 aliphatic heterocycles. The number of aryl methyl sites for hydroxylation is 1. The first kappa shape index (κ1) is 28.9. The van der Waals surface area contributed by atoms with E-state index in [1.165, 1.54) is 10.8 Å². The van der Waals surface area contributed by atoms with Crippen molar-refractivity contribution in [1.82, 2.24) is 14.9 Å². The van der Waals surface area contributed by atoms with E-state index in [2.05, 4.69) is 10.3 Å². The van der Waals surface area contributed by atoms with Crippen LogP contribution >= 0.6 is 0 Å². The summed E-state index contributed by atoms with van der Waals surface area (Å²) < 4.78 is 25.9. The van der Waals surface area contributed by atoms with Gasteiger partial charge in [0.1, 0.15) is 28.8 Å². The molecule has 2 bridgehead atoms. The van der Waals surface area contributed by atoms with E-state index >= 15 is 0 Å². The van der Waals surface area contributed by atoms with Crippen LogP contribution < -0.4 is 26.0 Å². The Bertz CT molecular complexity index is 1670. The van der Waals surface area contributed by atoms with Crippen LogP contribution in [0, 0.1) is 6.92 Å². The number of hydrogen-bond acceptors (Lipinski definition) is 8. The quantitative estimate of drug-likeness (QED) is 0.256. The topological polar surface area (TPSA) is 124 Å². The molecule has 4 atom stereocenters. The fourth-order valence-electron chi connectivity index (χ4n) is 6.42. The molecule has 2 fully saturated rings. The normalized spacial score (nSPS) is 24.7. The molecule has 3 N–H and O–H groups in total. The van der Waals surface area contributed by atoms with Gasteiger partial charge in [-0.1, -0.05) is 54.6 Å². The number of fused-ring (bicyclic) bond motifs is 2. The maximum atomic E-state index is 12.9. The van der Waals surface area contributed by atoms with Gasteiger partial charge in [-0.3, -0.25) is 14.3 Å². The zero-order chi connectivity index (χ0) is 30.4. The molecular weight excluding hydrogens is 550 g/mol. The van der Waals surface area contributed by atoms with Gasteiger partial charge < -0.3 is 29.4 Å². The standard InChI is InChI=1S/C33H35N3O7/c1-21-18-36(30(39)35-29(21)38)31(2)27-28(37)32(43-31,19-34-27)20-42-33(22-8-6-5-7-9-22,23-10-14-25(40-3)15-11-23)24-12-16-26(41-4)17-13-24/h5-18,27-28,34,37H,19-20H2,1-4H3,(H,35,38,39)/t27-,28+,31-,32-/m1/s1. The van der Waals surface area contributed by atoms with Crippen LogP contribution in [0.4, 0.5) is 0 Å². The van der Waals surface area contributed by atoms with E-state index in [0.29, 0.717) is 23.6 Å². The highest BCUT2D eigenvalue weighted by atomic mass is 16.6. The Morgan fingerprint density at radius 2 is 1.49 bits per heavy atom. The number of ether oxygens (including phenoxy) is 4. The van der Waals surface area contributed by atoms with Gasteiger partial charge >= 0.3 is 5.69 Å². The fourth-order valence-corrected chi connectivity index (χ4v) is 6.42. The minimum atomic E-state index is -1.29. The van der Waals surface area contributed by atoms with Crippen molar-refractivity contribution >= 4 is 0 Å². The molecule has 0 radical (unpaired) electrons. The third-order valence-electron chi connectivity index (χ3n) is 8.77. The highest BCUT2D eigenvalue weighted by Gasteiger charge is 2.66. The van der Waals surface area contributed by atoms with Crippen molar-refractivity contribution in [2.24, 2.45) is 0 Å². The minimum absolute atomic E-state index is 0.0305. The monoisotopic (exact) mass is 585 g/mol. The van der Waals surface area contributed by atoms with E-state index in [9.17, 15) is 14.7 Å². The third kappa shape index (κ3) is 4.58. The number of aliphatic hydroxyl groups is 1. The van der Waals surface area contributed by atoms with Crippen LogP contribution in [0.3, 0.4) is 0 Å². The predicted octanol–water partition coefficient (Wildman–Crippen LogP) is 2.65. The summed E-state index contributed by atoms with van der Waals surface area (Å²) in [4.78, 5) is 27.3. The van der Waals surface area contributed by atoms with Crippen LogP contribution in [0.15, 0.2) is 94.6 Å². The van der Waals surface area contributed by atoms with Crippen molar-refractivity contribution in [3.8, 4) is 11.5 Å². The van der Waals surface area contributed by atoms with Crippen molar-refractivity contribution in [1.29, 1.82) is 0 Å². The molecule has 3 aromatic carbocycles. The summed E-state index contributed by atoms with van der Waals surface area (Å²) in [7, 11) is 3.24. The average Bonchev–Trinajstić information content (AvgIpc) is 3.46. The molecule has 0 aliphatic carbocycles. The second-order valence-corrected chi connectivity index (χ2v) is 11.3. The van der Waals surface area contributed by atoms with E-state index in [0.717, 1.165) is 16.7 Å². The number of morpholine rings is 1. The van der Waals surface area contributed by atoms with Crippen molar-refractivity contribution < 1.29 is 24.1 Å². The summed E-state index contributed by atoms with van der Waals surface area (Å²) >= 11 is 0. The number of methoxy groups -OCH3 is 2. The summed E-state index contributed by atoms with van der Waals surface area (Å²) in [5, 5.41) is 15.0. The Morgan fingerprint density at radius 1 is 0.930 bits per heavy atom. The highest BCUT2D eigenvalue weighted by molar-refractivity contribution is 5.50. The van der Waals surface area contributed by atoms with E-state index in [1.807, 2.05) is 78.9 Å². The fraction of sp³-hybridized carbons (Fsp3) is 0.333. The largest absolute Gasteiger partial charge is 0.497 e. The van der Waals surface area contributed by atoms with Crippen LogP contribution in [0.2, 0.25) is 0 Å². The van der Waals surface area contributed by atoms with E-state index in [1.54, 1.807) is 28.1 Å². The molecule has 0 unspecified atom stereocenters. The van der Waals surface area contributed by atoms with Gasteiger partial charge in [0.05, 0.1) is 26.9 Å². The van der Waals surface area contributed by atoms with Crippen molar-refractivity contribution in [2.75, 3.05) is 27.4 Å². The summed E-state index contributed by atoms with van der Waals surface area (Å²) in [5.74, 6) is 1.41. The molecule has 0 spiro atoms. The Balaban J connectivity index is 1.46. The average molecular weight is 586 g/mol. The first-order valence-corrected chi connectivity index (χ1v) is 14.1. The van der Waals surface area contributed by atoms with Crippen LogP contribution in [-0.4, -0.2) is 59.8 Å². The first-order chi connectivity index (χ1) is 20.7. The van der Waals surface area contributed by atoms with Gasteiger partial charge in [-0.25, -0.2) is 4.79 Å². The Morgan fingerprint density at radius 3 is 2.05 bits per heavy atom. The smallest absolute Gasteiger partial charge is 0.330 e. The molecule has 6 rings (SSSR count). The number of nitrogens with zero attached hydrogens (tertiary/aromatic N) is 1. The van der Waals surface area contributed by atoms with Gasteiger partial charge in [0.2, 0.25) is 0 Å². The minimum Gasteiger partial charge on any atom is -0.497 e. The lowest BCUT2D eigenvalue weighted by Crippen LogP contribution is -2.58. The predicted molar refractivity (Wildman–Crippen MR) is 160 cm³/mol. The van der Waals surface area contributed by atoms with E-state index < -0.39 is 40.3 Å². The number of aromatic nitrogens is 2. The second kappa shape index (κ2) is 10.8. The molecule has 0 amide bonds. The number of benzene rings is 3. The summed E-state index contributed by atoms with van der Waals surface area (Å²) in [5.41, 5.74) is -1.80. The lowest BCUT2D eigenvalue weighted by atomic mass is 9.79. The molecule has 2 aliphatic rings. The Kier molecular flexibility index (Phi) is 7.26. The van der Waals surface area contributed by atoms with Gasteiger partial charge in [0, 0.05) is 18.3 Å². The summed E-state index contributed by atoms with van der Waals surface area (Å²) in [6.07, 6.45) is 0.449. The maximum Gasteiger partial charge on any atom is 0.330 e. The Labute approximate surface area is 248 Å². The van der Waals surface area contributed by atoms with Gasteiger partial charge in [-0.05, 0) is 54.8 Å². The number of H-pyrrole nitrogens is 1. The number of aromatic amines is 1.